The number of nitrogens with two attached hydrogens (primary N) is 1. The van der Waals surface area contributed by atoms with Crippen molar-refractivity contribution in [3.63, 3.8) is 0 Å². The van der Waals surface area contributed by atoms with Crippen LogP contribution < -0.4 is 5.73 Å². The maximum absolute atomic E-state index is 6.11. The molecule has 2 aliphatic heterocycles. The van der Waals surface area contributed by atoms with Crippen molar-refractivity contribution in [2.45, 2.75) is 45.4 Å². The number of hydrogen-bond donors (Lipinski definition) is 1. The molecule has 0 radical (unpaired) electrons. The van der Waals surface area contributed by atoms with Crippen LogP contribution in [0.15, 0.2) is 4.99 Å². The highest BCUT2D eigenvalue weighted by Gasteiger charge is 2.19. The predicted octanol–water partition coefficient (Wildman–Crippen LogP) is 1.91. The van der Waals surface area contributed by atoms with Gasteiger partial charge >= 0.3 is 0 Å². The monoisotopic (exact) mass is 266 g/mol. The average Bonchev–Trinajstić information content (AvgIpc) is 2.47. The molecule has 2 heterocycles. The fraction of sp³-hybridized carbons (Fsp3) is 0.933. The second-order valence-electron chi connectivity index (χ2n) is 6.03. The van der Waals surface area contributed by atoms with E-state index in [1.165, 1.54) is 58.2 Å². The van der Waals surface area contributed by atoms with E-state index < -0.39 is 0 Å². The zero-order valence-corrected chi connectivity index (χ0v) is 12.5. The number of hydrogen-bond acceptors (Lipinski definition) is 2. The van der Waals surface area contributed by atoms with Gasteiger partial charge in [-0.2, -0.15) is 0 Å². The van der Waals surface area contributed by atoms with E-state index in [1.807, 2.05) is 0 Å². The fourth-order valence-electron chi connectivity index (χ4n) is 3.15. The molecule has 2 saturated heterocycles. The molecule has 0 saturated carbocycles. The van der Waals surface area contributed by atoms with Crippen molar-refractivity contribution >= 4 is 5.96 Å². The van der Waals surface area contributed by atoms with Gasteiger partial charge in [-0.25, -0.2) is 0 Å². The quantitative estimate of drug-likeness (QED) is 0.624. The van der Waals surface area contributed by atoms with E-state index in [9.17, 15) is 0 Å². The maximum atomic E-state index is 6.11. The Bertz CT molecular complexity index is 276. The molecule has 0 unspecified atom stereocenters. The predicted molar refractivity (Wildman–Crippen MR) is 81.4 cm³/mol. The van der Waals surface area contributed by atoms with Gasteiger partial charge in [0.05, 0.1) is 0 Å². The molecule has 0 amide bonds. The highest BCUT2D eigenvalue weighted by Crippen LogP contribution is 2.17. The van der Waals surface area contributed by atoms with Gasteiger partial charge in [-0.15, -0.1) is 0 Å². The Kier molecular flexibility index (Phi) is 5.95. The smallest absolute Gasteiger partial charge is 0.191 e. The van der Waals surface area contributed by atoms with E-state index >= 15 is 0 Å². The first-order valence-corrected chi connectivity index (χ1v) is 8.07. The Morgan fingerprint density at radius 3 is 2.42 bits per heavy atom. The first kappa shape index (κ1) is 14.6. The van der Waals surface area contributed by atoms with E-state index in [0.717, 1.165) is 31.5 Å². The van der Waals surface area contributed by atoms with Gasteiger partial charge in [0, 0.05) is 19.6 Å². The second-order valence-corrected chi connectivity index (χ2v) is 6.03. The Hall–Kier alpha value is -0.770. The Labute approximate surface area is 118 Å². The van der Waals surface area contributed by atoms with Crippen LogP contribution in [0.4, 0.5) is 0 Å². The molecule has 0 atom stereocenters. The van der Waals surface area contributed by atoms with Crippen molar-refractivity contribution in [1.82, 2.24) is 9.80 Å². The molecule has 2 N–H and O–H groups in total. The highest BCUT2D eigenvalue weighted by atomic mass is 15.3. The molecule has 0 bridgehead atoms. The van der Waals surface area contributed by atoms with Crippen LogP contribution in [0.1, 0.15) is 45.4 Å². The zero-order chi connectivity index (χ0) is 13.5. The van der Waals surface area contributed by atoms with E-state index in [4.69, 9.17) is 5.73 Å². The van der Waals surface area contributed by atoms with Gasteiger partial charge in [0.2, 0.25) is 0 Å². The summed E-state index contributed by atoms with van der Waals surface area (Å²) in [4.78, 5) is 9.48. The van der Waals surface area contributed by atoms with E-state index in [-0.39, 0.29) is 0 Å². The molecule has 0 aromatic rings. The lowest BCUT2D eigenvalue weighted by atomic mass is 9.97. The van der Waals surface area contributed by atoms with Gasteiger partial charge < -0.3 is 15.5 Å². The van der Waals surface area contributed by atoms with Crippen molar-refractivity contribution in [2.24, 2.45) is 16.6 Å². The van der Waals surface area contributed by atoms with Crippen LogP contribution in [-0.2, 0) is 0 Å². The van der Waals surface area contributed by atoms with Gasteiger partial charge in [0.15, 0.2) is 5.96 Å². The Morgan fingerprint density at radius 2 is 1.79 bits per heavy atom. The molecular formula is C15H30N4. The topological polar surface area (TPSA) is 44.9 Å². The molecule has 0 aromatic carbocycles. The summed E-state index contributed by atoms with van der Waals surface area (Å²) in [7, 11) is 0. The van der Waals surface area contributed by atoms with Crippen LogP contribution >= 0.6 is 0 Å². The Balaban J connectivity index is 1.70. The van der Waals surface area contributed by atoms with Crippen LogP contribution in [0.25, 0.3) is 0 Å². The van der Waals surface area contributed by atoms with Crippen molar-refractivity contribution in [3.8, 4) is 0 Å². The van der Waals surface area contributed by atoms with Gasteiger partial charge in [-0.05, 0) is 64.1 Å². The van der Waals surface area contributed by atoms with Crippen LogP contribution in [0.2, 0.25) is 0 Å². The van der Waals surface area contributed by atoms with Crippen molar-refractivity contribution in [2.75, 3.05) is 39.3 Å². The SMILES string of the molecule is CCCN1CCC(CN=C(N)N2CCCCC2)CC1. The molecule has 2 rings (SSSR count). The van der Waals surface area contributed by atoms with Crippen molar-refractivity contribution in [3.05, 3.63) is 0 Å². The molecule has 4 nitrogen and oxygen atoms in total. The number of nitrogens with zero attached hydrogens (tertiary/aromatic N) is 3. The second kappa shape index (κ2) is 7.73. The molecule has 4 heteroatoms. The summed E-state index contributed by atoms with van der Waals surface area (Å²) in [5.74, 6) is 1.53. The van der Waals surface area contributed by atoms with Gasteiger partial charge in [0.1, 0.15) is 0 Å². The van der Waals surface area contributed by atoms with Crippen LogP contribution in [0, 0.1) is 5.92 Å². The number of piperidine rings is 2. The lowest BCUT2D eigenvalue weighted by Crippen LogP contribution is -2.41. The lowest BCUT2D eigenvalue weighted by Gasteiger charge is -2.31. The van der Waals surface area contributed by atoms with E-state index in [0.29, 0.717) is 0 Å². The molecule has 2 fully saturated rings. The molecule has 110 valence electrons. The third-order valence-corrected chi connectivity index (χ3v) is 4.44. The maximum Gasteiger partial charge on any atom is 0.191 e. The number of rotatable bonds is 4. The number of likely N-dealkylation sites (tertiary alicyclic amines) is 2. The van der Waals surface area contributed by atoms with Gasteiger partial charge in [0.25, 0.3) is 0 Å². The highest BCUT2D eigenvalue weighted by molar-refractivity contribution is 5.78. The largest absolute Gasteiger partial charge is 0.370 e. The lowest BCUT2D eigenvalue weighted by molar-refractivity contribution is 0.188. The third-order valence-electron chi connectivity index (χ3n) is 4.44. The van der Waals surface area contributed by atoms with Gasteiger partial charge in [-0.1, -0.05) is 6.92 Å². The summed E-state index contributed by atoms with van der Waals surface area (Å²) in [6, 6.07) is 0. The summed E-state index contributed by atoms with van der Waals surface area (Å²) < 4.78 is 0. The molecule has 19 heavy (non-hydrogen) atoms. The molecular weight excluding hydrogens is 236 g/mol. The minimum Gasteiger partial charge on any atom is -0.370 e. The van der Waals surface area contributed by atoms with E-state index in [1.54, 1.807) is 0 Å². The summed E-state index contributed by atoms with van der Waals surface area (Å²) in [6.07, 6.45) is 7.73. The van der Waals surface area contributed by atoms with E-state index in [2.05, 4.69) is 21.7 Å². The average molecular weight is 266 g/mol. The Morgan fingerprint density at radius 1 is 1.11 bits per heavy atom. The third kappa shape index (κ3) is 4.68. The van der Waals surface area contributed by atoms with Crippen LogP contribution in [-0.4, -0.2) is 55.0 Å². The van der Waals surface area contributed by atoms with Crippen molar-refractivity contribution < 1.29 is 0 Å². The van der Waals surface area contributed by atoms with Gasteiger partial charge in [-0.3, -0.25) is 4.99 Å². The minimum atomic E-state index is 0.747. The molecule has 0 spiro atoms. The molecule has 0 aliphatic carbocycles. The van der Waals surface area contributed by atoms with Crippen molar-refractivity contribution in [1.29, 1.82) is 0 Å². The molecule has 0 aromatic heterocycles. The van der Waals surface area contributed by atoms with Crippen LogP contribution in [0.5, 0.6) is 0 Å². The summed E-state index contributed by atoms with van der Waals surface area (Å²) >= 11 is 0. The standard InChI is InChI=1S/C15H30N4/c1-2-8-18-11-6-14(7-12-18)13-17-15(16)19-9-4-3-5-10-19/h14H,2-13H2,1H3,(H2,16,17). The normalized spacial score (nSPS) is 23.8. The summed E-state index contributed by atoms with van der Waals surface area (Å²) in [5, 5.41) is 0. The summed E-state index contributed by atoms with van der Waals surface area (Å²) in [6.45, 7) is 9.15. The zero-order valence-electron chi connectivity index (χ0n) is 12.5. The number of guanidine groups is 1. The minimum absolute atomic E-state index is 0.747. The van der Waals surface area contributed by atoms with Crippen LogP contribution in [0.3, 0.4) is 0 Å². The first-order chi connectivity index (χ1) is 9.29. The number of aliphatic imine (C=N–C) groups is 1. The fourth-order valence-corrected chi connectivity index (χ4v) is 3.15. The first-order valence-electron chi connectivity index (χ1n) is 8.07. The molecule has 2 aliphatic rings. The summed E-state index contributed by atoms with van der Waals surface area (Å²) in [5.41, 5.74) is 6.11.